The highest BCUT2D eigenvalue weighted by Gasteiger charge is 2.19. The number of aryl methyl sites for hydroxylation is 1. The third-order valence-electron chi connectivity index (χ3n) is 2.20. The van der Waals surface area contributed by atoms with Gasteiger partial charge in [-0.2, -0.15) is 0 Å². The maximum absolute atomic E-state index is 11.8. The fourth-order valence-electron chi connectivity index (χ4n) is 1.37. The van der Waals surface area contributed by atoms with Crippen LogP contribution in [0.2, 0.25) is 0 Å². The van der Waals surface area contributed by atoms with Gasteiger partial charge in [-0.25, -0.2) is 4.79 Å². The molecule has 2 aromatic heterocycles. The number of nitrogens with one attached hydrogen (secondary N) is 1. The molecule has 0 radical (unpaired) electrons. The Kier molecular flexibility index (Phi) is 3.53. The second kappa shape index (κ2) is 4.95. The summed E-state index contributed by atoms with van der Waals surface area (Å²) >= 11 is 4.16. The third-order valence-corrected chi connectivity index (χ3v) is 3.72. The molecule has 0 unspecified atom stereocenters. The van der Waals surface area contributed by atoms with Crippen LogP contribution in [-0.2, 0) is 0 Å². The quantitative estimate of drug-likeness (QED) is 0.904. The highest BCUT2D eigenvalue weighted by Crippen LogP contribution is 2.28. The Hall–Kier alpha value is -1.60. The lowest BCUT2D eigenvalue weighted by atomic mass is 10.2. The molecule has 2 rings (SSSR count). The van der Waals surface area contributed by atoms with Crippen LogP contribution in [0, 0.1) is 6.92 Å². The number of rotatable bonds is 3. The second-order valence-corrected chi connectivity index (χ2v) is 5.15. The molecular weight excluding hydrogens is 322 g/mol. The fourth-order valence-corrected chi connectivity index (χ4v) is 2.52. The van der Waals surface area contributed by atoms with Crippen molar-refractivity contribution in [2.24, 2.45) is 0 Å². The number of carbonyl (C=O) groups excluding carboxylic acids is 1. The van der Waals surface area contributed by atoms with E-state index in [1.807, 2.05) is 0 Å². The van der Waals surface area contributed by atoms with Gasteiger partial charge in [0.25, 0.3) is 5.91 Å². The molecule has 0 aliphatic rings. The van der Waals surface area contributed by atoms with Gasteiger partial charge in [-0.3, -0.25) is 4.79 Å². The van der Waals surface area contributed by atoms with E-state index in [9.17, 15) is 9.59 Å². The normalized spacial score (nSPS) is 10.3. The summed E-state index contributed by atoms with van der Waals surface area (Å²) in [5.41, 5.74) is 1.02. The predicted molar refractivity (Wildman–Crippen MR) is 70.4 cm³/mol. The van der Waals surface area contributed by atoms with Crippen LogP contribution in [0.15, 0.2) is 26.6 Å². The molecule has 0 spiro atoms. The lowest BCUT2D eigenvalue weighted by Crippen LogP contribution is -2.13. The summed E-state index contributed by atoms with van der Waals surface area (Å²) in [5, 5.41) is 13.2. The van der Waals surface area contributed by atoms with Gasteiger partial charge in [0.05, 0.1) is 5.69 Å². The average Bonchev–Trinajstić information content (AvgIpc) is 2.87. The number of carboxylic acids is 1. The van der Waals surface area contributed by atoms with Gasteiger partial charge in [0.15, 0.2) is 10.4 Å². The van der Waals surface area contributed by atoms with Crippen molar-refractivity contribution >= 4 is 44.8 Å². The Morgan fingerprint density at radius 1 is 1.44 bits per heavy atom. The maximum atomic E-state index is 11.8. The van der Waals surface area contributed by atoms with E-state index in [4.69, 9.17) is 9.52 Å². The molecule has 0 aromatic carbocycles. The first kappa shape index (κ1) is 12.8. The molecule has 2 aromatic rings. The third kappa shape index (κ3) is 2.46. The van der Waals surface area contributed by atoms with Gasteiger partial charge in [-0.1, -0.05) is 0 Å². The van der Waals surface area contributed by atoms with Crippen molar-refractivity contribution in [2.75, 3.05) is 5.32 Å². The standard InChI is InChI=1S/C11H8BrNO4S/c1-5-4-18-9(11(15)16)8(5)13-10(14)6-2-3-7(12)17-6/h2-4H,1H3,(H,13,14)(H,15,16). The fraction of sp³-hybridized carbons (Fsp3) is 0.0909. The molecule has 0 saturated heterocycles. The second-order valence-electron chi connectivity index (χ2n) is 3.49. The average molecular weight is 330 g/mol. The van der Waals surface area contributed by atoms with E-state index < -0.39 is 11.9 Å². The minimum atomic E-state index is -1.07. The molecule has 2 N–H and O–H groups in total. The molecule has 7 heteroatoms. The summed E-state index contributed by atoms with van der Waals surface area (Å²) in [6, 6.07) is 3.09. The molecule has 2 heterocycles. The molecule has 0 aliphatic heterocycles. The van der Waals surface area contributed by atoms with Crippen molar-refractivity contribution in [1.82, 2.24) is 0 Å². The topological polar surface area (TPSA) is 79.5 Å². The number of carbonyl (C=O) groups is 2. The molecule has 0 atom stereocenters. The van der Waals surface area contributed by atoms with Gasteiger partial charge in [0.2, 0.25) is 0 Å². The first-order valence-corrected chi connectivity index (χ1v) is 6.54. The lowest BCUT2D eigenvalue weighted by molar-refractivity contribution is 0.0703. The summed E-state index contributed by atoms with van der Waals surface area (Å²) in [5.74, 6) is -1.43. The van der Waals surface area contributed by atoms with E-state index in [1.54, 1.807) is 18.4 Å². The highest BCUT2D eigenvalue weighted by atomic mass is 79.9. The zero-order valence-corrected chi connectivity index (χ0v) is 11.6. The Morgan fingerprint density at radius 2 is 2.17 bits per heavy atom. The van der Waals surface area contributed by atoms with Crippen molar-refractivity contribution in [3.63, 3.8) is 0 Å². The molecule has 94 valence electrons. The van der Waals surface area contributed by atoms with Crippen molar-refractivity contribution < 1.29 is 19.1 Å². The molecule has 1 amide bonds. The minimum Gasteiger partial charge on any atom is -0.477 e. The first-order valence-electron chi connectivity index (χ1n) is 4.87. The van der Waals surface area contributed by atoms with Gasteiger partial charge in [-0.05, 0) is 45.9 Å². The van der Waals surface area contributed by atoms with E-state index in [2.05, 4.69) is 21.2 Å². The summed E-state index contributed by atoms with van der Waals surface area (Å²) in [4.78, 5) is 22.9. The molecule has 18 heavy (non-hydrogen) atoms. The molecule has 0 saturated carbocycles. The van der Waals surface area contributed by atoms with Crippen LogP contribution in [-0.4, -0.2) is 17.0 Å². The van der Waals surface area contributed by atoms with E-state index in [-0.39, 0.29) is 10.6 Å². The summed E-state index contributed by atoms with van der Waals surface area (Å²) < 4.78 is 5.53. The van der Waals surface area contributed by atoms with Gasteiger partial charge in [0, 0.05) is 0 Å². The van der Waals surface area contributed by atoms with Crippen LogP contribution in [0.4, 0.5) is 5.69 Å². The Morgan fingerprint density at radius 3 is 2.72 bits per heavy atom. The van der Waals surface area contributed by atoms with Gasteiger partial charge in [0.1, 0.15) is 4.88 Å². The van der Waals surface area contributed by atoms with Crippen LogP contribution in [0.3, 0.4) is 0 Å². The van der Waals surface area contributed by atoms with Crippen molar-refractivity contribution in [3.8, 4) is 0 Å². The van der Waals surface area contributed by atoms with Crippen LogP contribution in [0.1, 0.15) is 25.8 Å². The van der Waals surface area contributed by atoms with Crippen LogP contribution in [0.5, 0.6) is 0 Å². The molecule has 0 bridgehead atoms. The van der Waals surface area contributed by atoms with E-state index >= 15 is 0 Å². The van der Waals surface area contributed by atoms with E-state index in [0.717, 1.165) is 11.3 Å². The number of furan rings is 1. The molecular formula is C11H8BrNO4S. The molecule has 5 nitrogen and oxygen atoms in total. The number of hydrogen-bond acceptors (Lipinski definition) is 4. The minimum absolute atomic E-state index is 0.103. The van der Waals surface area contributed by atoms with Crippen LogP contribution < -0.4 is 5.32 Å². The number of aromatic carboxylic acids is 1. The summed E-state index contributed by atoms with van der Waals surface area (Å²) in [7, 11) is 0. The first-order chi connectivity index (χ1) is 8.49. The Bertz CT molecular complexity index is 616. The number of halogens is 1. The highest BCUT2D eigenvalue weighted by molar-refractivity contribution is 9.10. The molecule has 0 fully saturated rings. The van der Waals surface area contributed by atoms with Gasteiger partial charge >= 0.3 is 5.97 Å². The van der Waals surface area contributed by atoms with E-state index in [0.29, 0.717) is 15.9 Å². The van der Waals surface area contributed by atoms with Gasteiger partial charge in [-0.15, -0.1) is 11.3 Å². The monoisotopic (exact) mass is 329 g/mol. The van der Waals surface area contributed by atoms with Crippen LogP contribution >= 0.6 is 27.3 Å². The largest absolute Gasteiger partial charge is 0.477 e. The summed E-state index contributed by atoms with van der Waals surface area (Å²) in [6.45, 7) is 1.73. The van der Waals surface area contributed by atoms with Gasteiger partial charge < -0.3 is 14.8 Å². The number of carboxylic acid groups (broad SMARTS) is 1. The van der Waals surface area contributed by atoms with Crippen molar-refractivity contribution in [2.45, 2.75) is 6.92 Å². The number of amides is 1. The van der Waals surface area contributed by atoms with Crippen molar-refractivity contribution in [3.05, 3.63) is 38.4 Å². The number of hydrogen-bond donors (Lipinski definition) is 2. The van der Waals surface area contributed by atoms with Crippen molar-refractivity contribution in [1.29, 1.82) is 0 Å². The lowest BCUT2D eigenvalue weighted by Gasteiger charge is -2.04. The number of anilines is 1. The molecule has 0 aliphatic carbocycles. The zero-order chi connectivity index (χ0) is 13.3. The van der Waals surface area contributed by atoms with E-state index in [1.165, 1.54) is 6.07 Å². The zero-order valence-electron chi connectivity index (χ0n) is 9.19. The predicted octanol–water partition coefficient (Wildman–Crippen LogP) is 3.36. The maximum Gasteiger partial charge on any atom is 0.348 e. The smallest absolute Gasteiger partial charge is 0.348 e. The van der Waals surface area contributed by atoms with Crippen LogP contribution in [0.25, 0.3) is 0 Å². The summed E-state index contributed by atoms with van der Waals surface area (Å²) in [6.07, 6.45) is 0. The number of thiophene rings is 1. The Balaban J connectivity index is 2.27. The Labute approximate surface area is 115 Å². The SMILES string of the molecule is Cc1csc(C(=O)O)c1NC(=O)c1ccc(Br)o1.